The number of hydrogen-bond acceptors (Lipinski definition) is 2. The minimum absolute atomic E-state index is 0.235. The highest BCUT2D eigenvalue weighted by Gasteiger charge is 2.16. The minimum atomic E-state index is -0.497. The van der Waals surface area contributed by atoms with Gasteiger partial charge in [-0.25, -0.2) is 4.39 Å². The zero-order chi connectivity index (χ0) is 14.1. The first-order chi connectivity index (χ1) is 9.68. The molecule has 2 nitrogen and oxygen atoms in total. The largest absolute Gasteiger partial charge is 0.320 e. The Kier molecular flexibility index (Phi) is 3.20. The summed E-state index contributed by atoms with van der Waals surface area (Å²) in [6.45, 7) is 1.75. The van der Waals surface area contributed by atoms with E-state index in [4.69, 9.17) is 5.73 Å². The highest BCUT2D eigenvalue weighted by Crippen LogP contribution is 2.28. The van der Waals surface area contributed by atoms with E-state index in [1.54, 1.807) is 31.5 Å². The van der Waals surface area contributed by atoms with E-state index >= 15 is 0 Å². The van der Waals surface area contributed by atoms with Crippen LogP contribution in [0.4, 0.5) is 4.39 Å². The number of halogens is 1. The molecule has 1 atom stereocenters. The Hall–Kier alpha value is -2.26. The smallest absolute Gasteiger partial charge is 0.131 e. The van der Waals surface area contributed by atoms with Crippen LogP contribution in [0.15, 0.2) is 54.9 Å². The lowest BCUT2D eigenvalue weighted by Crippen LogP contribution is -2.14. The third kappa shape index (κ3) is 2.06. The van der Waals surface area contributed by atoms with Crippen LogP contribution in [0, 0.1) is 12.7 Å². The molecule has 0 amide bonds. The number of nitrogens with two attached hydrogens (primary N) is 1. The van der Waals surface area contributed by atoms with Crippen molar-refractivity contribution in [2.24, 2.45) is 5.73 Å². The molecular formula is C17H15FN2. The zero-order valence-corrected chi connectivity index (χ0v) is 11.2. The average Bonchev–Trinajstić information content (AvgIpc) is 2.49. The molecule has 2 aromatic carbocycles. The molecule has 0 aliphatic rings. The average molecular weight is 266 g/mol. The van der Waals surface area contributed by atoms with Crippen molar-refractivity contribution in [3.63, 3.8) is 0 Å². The Bertz CT molecular complexity index is 763. The maximum Gasteiger partial charge on any atom is 0.131 e. The van der Waals surface area contributed by atoms with E-state index in [9.17, 15) is 4.39 Å². The molecular weight excluding hydrogens is 251 g/mol. The Morgan fingerprint density at radius 2 is 1.80 bits per heavy atom. The first-order valence-corrected chi connectivity index (χ1v) is 6.51. The number of fused-ring (bicyclic) bond motifs is 1. The van der Waals surface area contributed by atoms with Gasteiger partial charge in [-0.15, -0.1) is 0 Å². The standard InChI is InChI=1S/C17H15FN2/c1-11-4-2-7-14(16(11)18)17(19)13-6-3-5-12-8-9-20-10-15(12)13/h2-10,17H,19H2,1H3. The predicted octanol–water partition coefficient (Wildman–Crippen LogP) is 3.73. The molecule has 3 heteroatoms. The van der Waals surface area contributed by atoms with Crippen LogP contribution < -0.4 is 5.73 Å². The summed E-state index contributed by atoms with van der Waals surface area (Å²) in [5.74, 6) is -0.235. The molecule has 1 aromatic heterocycles. The second-order valence-electron chi connectivity index (χ2n) is 4.90. The van der Waals surface area contributed by atoms with Crippen molar-refractivity contribution >= 4 is 10.8 Å². The van der Waals surface area contributed by atoms with Crippen molar-refractivity contribution in [3.8, 4) is 0 Å². The summed E-state index contributed by atoms with van der Waals surface area (Å²) in [7, 11) is 0. The maximum absolute atomic E-state index is 14.2. The van der Waals surface area contributed by atoms with Gasteiger partial charge in [0.15, 0.2) is 0 Å². The second-order valence-corrected chi connectivity index (χ2v) is 4.90. The van der Waals surface area contributed by atoms with Gasteiger partial charge in [-0.05, 0) is 29.5 Å². The Balaban J connectivity index is 2.18. The maximum atomic E-state index is 14.2. The molecule has 2 N–H and O–H groups in total. The fraction of sp³-hybridized carbons (Fsp3) is 0.118. The van der Waals surface area contributed by atoms with E-state index < -0.39 is 6.04 Å². The summed E-state index contributed by atoms with van der Waals surface area (Å²) in [5, 5.41) is 2.02. The van der Waals surface area contributed by atoms with Crippen LogP contribution in [-0.4, -0.2) is 4.98 Å². The van der Waals surface area contributed by atoms with E-state index in [2.05, 4.69) is 4.98 Å². The van der Waals surface area contributed by atoms with E-state index in [0.29, 0.717) is 11.1 Å². The van der Waals surface area contributed by atoms with Gasteiger partial charge in [0.25, 0.3) is 0 Å². The van der Waals surface area contributed by atoms with Gasteiger partial charge in [0.05, 0.1) is 6.04 Å². The fourth-order valence-electron chi connectivity index (χ4n) is 2.49. The SMILES string of the molecule is Cc1cccc(C(N)c2cccc3ccncc23)c1F. The van der Waals surface area contributed by atoms with Gasteiger partial charge in [0.2, 0.25) is 0 Å². The van der Waals surface area contributed by atoms with Crippen LogP contribution in [0.1, 0.15) is 22.7 Å². The molecule has 0 aliphatic heterocycles. The van der Waals surface area contributed by atoms with Crippen molar-refractivity contribution < 1.29 is 4.39 Å². The quantitative estimate of drug-likeness (QED) is 0.767. The molecule has 20 heavy (non-hydrogen) atoms. The van der Waals surface area contributed by atoms with Crippen LogP contribution in [0.25, 0.3) is 10.8 Å². The van der Waals surface area contributed by atoms with Gasteiger partial charge in [-0.2, -0.15) is 0 Å². The lowest BCUT2D eigenvalue weighted by Gasteiger charge is -2.16. The molecule has 1 unspecified atom stereocenters. The number of aromatic nitrogens is 1. The molecule has 0 saturated carbocycles. The van der Waals surface area contributed by atoms with Crippen molar-refractivity contribution in [3.05, 3.63) is 77.4 Å². The fourth-order valence-corrected chi connectivity index (χ4v) is 2.49. The summed E-state index contributed by atoms with van der Waals surface area (Å²) in [6.07, 6.45) is 3.52. The lowest BCUT2D eigenvalue weighted by molar-refractivity contribution is 0.591. The molecule has 0 fully saturated rings. The van der Waals surface area contributed by atoms with Gasteiger partial charge in [0, 0.05) is 23.3 Å². The highest BCUT2D eigenvalue weighted by molar-refractivity contribution is 5.85. The summed E-state index contributed by atoms with van der Waals surface area (Å²) in [4.78, 5) is 4.14. The Morgan fingerprint density at radius 3 is 2.65 bits per heavy atom. The van der Waals surface area contributed by atoms with Gasteiger partial charge >= 0.3 is 0 Å². The first kappa shape index (κ1) is 12.8. The minimum Gasteiger partial charge on any atom is -0.320 e. The summed E-state index contributed by atoms with van der Waals surface area (Å²) >= 11 is 0. The van der Waals surface area contributed by atoms with Crippen LogP contribution >= 0.6 is 0 Å². The number of rotatable bonds is 2. The van der Waals surface area contributed by atoms with E-state index in [1.807, 2.05) is 30.3 Å². The third-order valence-electron chi connectivity index (χ3n) is 3.61. The molecule has 1 heterocycles. The number of aryl methyl sites for hydroxylation is 1. The predicted molar refractivity (Wildman–Crippen MR) is 78.9 cm³/mol. The van der Waals surface area contributed by atoms with Crippen LogP contribution in [-0.2, 0) is 0 Å². The number of pyridine rings is 1. The molecule has 0 aliphatic carbocycles. The molecule has 0 radical (unpaired) electrons. The number of nitrogens with zero attached hydrogens (tertiary/aromatic N) is 1. The zero-order valence-electron chi connectivity index (χ0n) is 11.2. The normalized spacial score (nSPS) is 12.6. The Labute approximate surface area is 117 Å². The van der Waals surface area contributed by atoms with E-state index in [0.717, 1.165) is 16.3 Å². The summed E-state index contributed by atoms with van der Waals surface area (Å²) in [5.41, 5.74) is 8.30. The van der Waals surface area contributed by atoms with Crippen molar-refractivity contribution in [2.75, 3.05) is 0 Å². The number of hydrogen-bond donors (Lipinski definition) is 1. The van der Waals surface area contributed by atoms with E-state index in [-0.39, 0.29) is 5.82 Å². The molecule has 3 rings (SSSR count). The topological polar surface area (TPSA) is 38.9 Å². The molecule has 0 saturated heterocycles. The number of benzene rings is 2. The monoisotopic (exact) mass is 266 g/mol. The summed E-state index contributed by atoms with van der Waals surface area (Å²) in [6, 6.07) is 12.6. The van der Waals surface area contributed by atoms with Gasteiger partial charge < -0.3 is 5.73 Å². The summed E-state index contributed by atoms with van der Waals surface area (Å²) < 4.78 is 14.2. The van der Waals surface area contributed by atoms with Crippen molar-refractivity contribution in [1.82, 2.24) is 4.98 Å². The molecule has 100 valence electrons. The van der Waals surface area contributed by atoms with Crippen LogP contribution in [0.3, 0.4) is 0 Å². The molecule has 3 aromatic rings. The van der Waals surface area contributed by atoms with Crippen LogP contribution in [0.2, 0.25) is 0 Å². The van der Waals surface area contributed by atoms with Gasteiger partial charge in [-0.3, -0.25) is 4.98 Å². The van der Waals surface area contributed by atoms with Crippen molar-refractivity contribution in [1.29, 1.82) is 0 Å². The second kappa shape index (κ2) is 5.02. The molecule has 0 bridgehead atoms. The van der Waals surface area contributed by atoms with Gasteiger partial charge in [-0.1, -0.05) is 36.4 Å². The molecule has 0 spiro atoms. The first-order valence-electron chi connectivity index (χ1n) is 6.51. The lowest BCUT2D eigenvalue weighted by atomic mass is 9.94. The van der Waals surface area contributed by atoms with Crippen LogP contribution in [0.5, 0.6) is 0 Å². The highest BCUT2D eigenvalue weighted by atomic mass is 19.1. The van der Waals surface area contributed by atoms with E-state index in [1.165, 1.54) is 0 Å². The Morgan fingerprint density at radius 1 is 1.05 bits per heavy atom. The third-order valence-corrected chi connectivity index (χ3v) is 3.61. The van der Waals surface area contributed by atoms with Gasteiger partial charge in [0.1, 0.15) is 5.82 Å². The van der Waals surface area contributed by atoms with Crippen molar-refractivity contribution in [2.45, 2.75) is 13.0 Å².